The molecule has 6 heteroatoms. The molecule has 0 aromatic heterocycles. The molecule has 0 aliphatic heterocycles. The van der Waals surface area contributed by atoms with Gasteiger partial charge in [-0.1, -0.05) is 30.3 Å². The maximum atomic E-state index is 12.6. The number of benzene rings is 2. The summed E-state index contributed by atoms with van der Waals surface area (Å²) in [6, 6.07) is 15.5. The molecule has 2 aromatic rings. The van der Waals surface area contributed by atoms with Crippen LogP contribution < -0.4 is 10.1 Å². The third kappa shape index (κ3) is 5.45. The average molecular weight is 378 g/mol. The molecule has 6 nitrogen and oxygen atoms in total. The van der Waals surface area contributed by atoms with Crippen molar-refractivity contribution < 1.29 is 19.1 Å². The van der Waals surface area contributed by atoms with E-state index >= 15 is 0 Å². The monoisotopic (exact) mass is 378 g/mol. The average Bonchev–Trinajstić information content (AvgIpc) is 2.67. The fourth-order valence-corrected chi connectivity index (χ4v) is 2.43. The highest BCUT2D eigenvalue weighted by Crippen LogP contribution is 2.23. The molecular weight excluding hydrogens is 356 g/mol. The number of nitriles is 1. The lowest BCUT2D eigenvalue weighted by molar-refractivity contribution is -0.112. The number of anilines is 1. The van der Waals surface area contributed by atoms with Crippen LogP contribution in [0.5, 0.6) is 5.75 Å². The molecule has 0 aliphatic rings. The first-order valence-corrected chi connectivity index (χ1v) is 8.91. The van der Waals surface area contributed by atoms with Gasteiger partial charge < -0.3 is 14.8 Å². The molecule has 0 saturated heterocycles. The maximum Gasteiger partial charge on any atom is 0.340 e. The van der Waals surface area contributed by atoms with Gasteiger partial charge in [0.1, 0.15) is 17.4 Å². The van der Waals surface area contributed by atoms with Gasteiger partial charge in [-0.15, -0.1) is 0 Å². The van der Waals surface area contributed by atoms with Crippen LogP contribution in [0.25, 0.3) is 6.08 Å². The van der Waals surface area contributed by atoms with Crippen LogP contribution in [0.15, 0.2) is 54.1 Å². The van der Waals surface area contributed by atoms with Gasteiger partial charge in [-0.05, 0) is 45.0 Å². The minimum absolute atomic E-state index is 0.0506. The summed E-state index contributed by atoms with van der Waals surface area (Å²) in [5.41, 5.74) is 0.998. The number of hydrogen-bond donors (Lipinski definition) is 1. The smallest absolute Gasteiger partial charge is 0.340 e. The zero-order chi connectivity index (χ0) is 20.5. The molecule has 28 heavy (non-hydrogen) atoms. The lowest BCUT2D eigenvalue weighted by atomic mass is 10.1. The van der Waals surface area contributed by atoms with E-state index in [0.29, 0.717) is 11.3 Å². The van der Waals surface area contributed by atoms with Gasteiger partial charge in [0.05, 0.1) is 24.0 Å². The zero-order valence-corrected chi connectivity index (χ0v) is 16.1. The summed E-state index contributed by atoms with van der Waals surface area (Å²) >= 11 is 0. The van der Waals surface area contributed by atoms with E-state index < -0.39 is 11.9 Å². The van der Waals surface area contributed by atoms with Gasteiger partial charge in [0.25, 0.3) is 5.91 Å². The first-order valence-electron chi connectivity index (χ1n) is 8.91. The fraction of sp³-hybridized carbons (Fsp3) is 0.227. The third-order valence-electron chi connectivity index (χ3n) is 3.62. The first kappa shape index (κ1) is 20.7. The summed E-state index contributed by atoms with van der Waals surface area (Å²) in [6.07, 6.45) is 1.41. The zero-order valence-electron chi connectivity index (χ0n) is 16.1. The van der Waals surface area contributed by atoms with E-state index in [2.05, 4.69) is 5.32 Å². The quantitative estimate of drug-likeness (QED) is 0.443. The Balaban J connectivity index is 2.30. The largest absolute Gasteiger partial charge is 0.490 e. The molecule has 0 fully saturated rings. The topological polar surface area (TPSA) is 88.4 Å². The SMILES string of the molecule is CCOC(=O)c1ccccc1NC(=O)C(C#N)=Cc1ccccc1OC(C)C. The van der Waals surface area contributed by atoms with Crippen LogP contribution in [0, 0.1) is 11.3 Å². The summed E-state index contributed by atoms with van der Waals surface area (Å²) < 4.78 is 10.7. The van der Waals surface area contributed by atoms with Crippen molar-refractivity contribution in [1.29, 1.82) is 5.26 Å². The molecule has 0 spiro atoms. The number of amides is 1. The molecule has 0 saturated carbocycles. The number of carbonyl (C=O) groups is 2. The molecule has 0 atom stereocenters. The summed E-state index contributed by atoms with van der Waals surface area (Å²) in [4.78, 5) is 24.7. The Labute approximate surface area is 164 Å². The van der Waals surface area contributed by atoms with Crippen molar-refractivity contribution in [1.82, 2.24) is 0 Å². The molecule has 1 N–H and O–H groups in total. The van der Waals surface area contributed by atoms with Crippen molar-refractivity contribution in [2.24, 2.45) is 0 Å². The van der Waals surface area contributed by atoms with Gasteiger partial charge in [0.2, 0.25) is 0 Å². The molecule has 2 aromatic carbocycles. The molecular formula is C22H22N2O4. The maximum absolute atomic E-state index is 12.6. The Morgan fingerprint density at radius 2 is 1.82 bits per heavy atom. The van der Waals surface area contributed by atoms with Crippen molar-refractivity contribution in [3.63, 3.8) is 0 Å². The van der Waals surface area contributed by atoms with E-state index in [1.807, 2.05) is 26.0 Å². The second-order valence-corrected chi connectivity index (χ2v) is 6.09. The lowest BCUT2D eigenvalue weighted by Gasteiger charge is -2.13. The van der Waals surface area contributed by atoms with E-state index in [4.69, 9.17) is 9.47 Å². The number of para-hydroxylation sites is 2. The van der Waals surface area contributed by atoms with E-state index in [0.717, 1.165) is 0 Å². The van der Waals surface area contributed by atoms with Crippen LogP contribution in [0.1, 0.15) is 36.7 Å². The molecule has 1 amide bonds. The second-order valence-electron chi connectivity index (χ2n) is 6.09. The van der Waals surface area contributed by atoms with Crippen molar-refractivity contribution in [2.75, 3.05) is 11.9 Å². The minimum atomic E-state index is -0.626. The number of ether oxygens (including phenoxy) is 2. The molecule has 0 unspecified atom stereocenters. The van der Waals surface area contributed by atoms with Gasteiger partial charge >= 0.3 is 5.97 Å². The number of carbonyl (C=O) groups excluding carboxylic acids is 2. The molecule has 0 bridgehead atoms. The normalized spacial score (nSPS) is 10.9. The summed E-state index contributed by atoms with van der Waals surface area (Å²) in [6.45, 7) is 5.71. The van der Waals surface area contributed by atoms with Crippen molar-refractivity contribution in [2.45, 2.75) is 26.9 Å². The van der Waals surface area contributed by atoms with E-state index in [9.17, 15) is 14.9 Å². The Bertz CT molecular complexity index is 926. The Morgan fingerprint density at radius 3 is 2.50 bits per heavy atom. The fourth-order valence-electron chi connectivity index (χ4n) is 2.43. The predicted molar refractivity (Wildman–Crippen MR) is 107 cm³/mol. The summed E-state index contributed by atoms with van der Waals surface area (Å²) in [5.74, 6) is -0.597. The van der Waals surface area contributed by atoms with E-state index in [-0.39, 0.29) is 29.5 Å². The lowest BCUT2D eigenvalue weighted by Crippen LogP contribution is -2.17. The van der Waals surface area contributed by atoms with E-state index in [1.54, 1.807) is 49.4 Å². The van der Waals surface area contributed by atoms with Crippen LogP contribution >= 0.6 is 0 Å². The Morgan fingerprint density at radius 1 is 1.14 bits per heavy atom. The highest BCUT2D eigenvalue weighted by atomic mass is 16.5. The van der Waals surface area contributed by atoms with Crippen LogP contribution in [0.4, 0.5) is 5.69 Å². The second kappa shape index (κ2) is 9.93. The highest BCUT2D eigenvalue weighted by molar-refractivity contribution is 6.12. The molecule has 0 heterocycles. The predicted octanol–water partition coefficient (Wildman–Crippen LogP) is 4.20. The number of hydrogen-bond acceptors (Lipinski definition) is 5. The van der Waals surface area contributed by atoms with Gasteiger partial charge in [-0.3, -0.25) is 4.79 Å². The summed E-state index contributed by atoms with van der Waals surface area (Å²) in [5, 5.41) is 12.1. The summed E-state index contributed by atoms with van der Waals surface area (Å²) in [7, 11) is 0. The number of esters is 1. The van der Waals surface area contributed by atoms with Gasteiger partial charge in [0.15, 0.2) is 0 Å². The molecule has 144 valence electrons. The molecule has 0 aliphatic carbocycles. The standard InChI is InChI=1S/C22H22N2O4/c1-4-27-22(26)18-10-6-7-11-19(18)24-21(25)17(14-23)13-16-9-5-8-12-20(16)28-15(2)3/h5-13,15H,4H2,1-3H3,(H,24,25). The van der Waals surface area contributed by atoms with Gasteiger partial charge in [0, 0.05) is 5.56 Å². The first-order chi connectivity index (χ1) is 13.5. The number of rotatable bonds is 7. The minimum Gasteiger partial charge on any atom is -0.490 e. The van der Waals surface area contributed by atoms with Gasteiger partial charge in [-0.2, -0.15) is 5.26 Å². The van der Waals surface area contributed by atoms with Crippen LogP contribution in [0.3, 0.4) is 0 Å². The molecule has 0 radical (unpaired) electrons. The highest BCUT2D eigenvalue weighted by Gasteiger charge is 2.17. The Kier molecular flexibility index (Phi) is 7.35. The van der Waals surface area contributed by atoms with Crippen LogP contribution in [-0.2, 0) is 9.53 Å². The van der Waals surface area contributed by atoms with Crippen LogP contribution in [-0.4, -0.2) is 24.6 Å². The van der Waals surface area contributed by atoms with Crippen molar-refractivity contribution >= 4 is 23.6 Å². The van der Waals surface area contributed by atoms with E-state index in [1.165, 1.54) is 6.08 Å². The van der Waals surface area contributed by atoms with Crippen molar-refractivity contribution in [3.8, 4) is 11.8 Å². The number of nitrogens with one attached hydrogen (secondary N) is 1. The number of nitrogens with zero attached hydrogens (tertiary/aromatic N) is 1. The van der Waals surface area contributed by atoms with Crippen LogP contribution in [0.2, 0.25) is 0 Å². The molecule has 2 rings (SSSR count). The van der Waals surface area contributed by atoms with Gasteiger partial charge in [-0.25, -0.2) is 4.79 Å². The Hall–Kier alpha value is -3.59. The third-order valence-corrected chi connectivity index (χ3v) is 3.62. The van der Waals surface area contributed by atoms with Crippen molar-refractivity contribution in [3.05, 3.63) is 65.2 Å².